The van der Waals surface area contributed by atoms with Crippen molar-refractivity contribution in [3.05, 3.63) is 68.7 Å². The maximum absolute atomic E-state index is 14.3. The van der Waals surface area contributed by atoms with E-state index in [0.29, 0.717) is 15.6 Å². The number of halogens is 3. The minimum Gasteiger partial charge on any atom is -0.309 e. The summed E-state index contributed by atoms with van der Waals surface area (Å²) in [5, 5.41) is 3.00. The van der Waals surface area contributed by atoms with Crippen LogP contribution in [0, 0.1) is 25.5 Å². The summed E-state index contributed by atoms with van der Waals surface area (Å²) in [6.45, 7) is 3.68. The standard InChI is InChI=1S/C16H16BrF2N/c1-9-7-10(2)14(13(18)8-9)16(20-3)11-5-4-6-12(17)15(11)19/h4-8,16,20H,1-3H3. The predicted octanol–water partition coefficient (Wildman–Crippen LogP) is 4.65. The summed E-state index contributed by atoms with van der Waals surface area (Å²) in [6.07, 6.45) is 0. The van der Waals surface area contributed by atoms with Crippen molar-refractivity contribution in [1.29, 1.82) is 0 Å². The molecule has 0 aliphatic rings. The van der Waals surface area contributed by atoms with Gasteiger partial charge in [-0.15, -0.1) is 0 Å². The molecule has 0 heterocycles. The van der Waals surface area contributed by atoms with Gasteiger partial charge in [0.15, 0.2) is 0 Å². The van der Waals surface area contributed by atoms with Gasteiger partial charge in [0, 0.05) is 11.1 Å². The van der Waals surface area contributed by atoms with Crippen LogP contribution in [0.15, 0.2) is 34.8 Å². The van der Waals surface area contributed by atoms with Gasteiger partial charge >= 0.3 is 0 Å². The molecule has 0 fully saturated rings. The van der Waals surface area contributed by atoms with Crippen LogP contribution in [-0.2, 0) is 0 Å². The van der Waals surface area contributed by atoms with Gasteiger partial charge in [0.1, 0.15) is 11.6 Å². The quantitative estimate of drug-likeness (QED) is 0.857. The zero-order valence-electron chi connectivity index (χ0n) is 11.6. The zero-order valence-corrected chi connectivity index (χ0v) is 13.2. The Morgan fingerprint density at radius 1 is 1.15 bits per heavy atom. The van der Waals surface area contributed by atoms with E-state index in [1.807, 2.05) is 19.9 Å². The van der Waals surface area contributed by atoms with E-state index in [9.17, 15) is 8.78 Å². The Bertz CT molecular complexity index is 617. The number of rotatable bonds is 3. The highest BCUT2D eigenvalue weighted by molar-refractivity contribution is 9.10. The van der Waals surface area contributed by atoms with Crippen molar-refractivity contribution in [3.63, 3.8) is 0 Å². The van der Waals surface area contributed by atoms with Crippen molar-refractivity contribution in [3.8, 4) is 0 Å². The van der Waals surface area contributed by atoms with Gasteiger partial charge in [0.05, 0.1) is 10.5 Å². The fraction of sp³-hybridized carbons (Fsp3) is 0.250. The third kappa shape index (κ3) is 2.76. The van der Waals surface area contributed by atoms with Gasteiger partial charge in [-0.05, 0) is 60.1 Å². The van der Waals surface area contributed by atoms with Crippen LogP contribution in [0.4, 0.5) is 8.78 Å². The highest BCUT2D eigenvalue weighted by Crippen LogP contribution is 2.31. The van der Waals surface area contributed by atoms with E-state index in [1.54, 1.807) is 25.2 Å². The molecule has 1 N–H and O–H groups in total. The number of aryl methyl sites for hydroxylation is 2. The first kappa shape index (κ1) is 15.1. The minimum atomic E-state index is -0.520. The van der Waals surface area contributed by atoms with E-state index in [-0.39, 0.29) is 11.6 Å². The molecular formula is C16H16BrF2N. The van der Waals surface area contributed by atoms with Gasteiger partial charge < -0.3 is 5.32 Å². The number of benzene rings is 2. The predicted molar refractivity (Wildman–Crippen MR) is 80.9 cm³/mol. The molecule has 106 valence electrons. The molecule has 2 aromatic carbocycles. The van der Waals surface area contributed by atoms with E-state index >= 15 is 0 Å². The average Bonchev–Trinajstić information content (AvgIpc) is 2.37. The first-order valence-corrected chi connectivity index (χ1v) is 7.12. The topological polar surface area (TPSA) is 12.0 Å². The molecule has 0 bridgehead atoms. The highest BCUT2D eigenvalue weighted by Gasteiger charge is 2.22. The summed E-state index contributed by atoms with van der Waals surface area (Å²) in [5.74, 6) is -0.688. The highest BCUT2D eigenvalue weighted by atomic mass is 79.9. The second kappa shape index (κ2) is 6.02. The molecule has 0 amide bonds. The van der Waals surface area contributed by atoms with Gasteiger partial charge in [0.2, 0.25) is 0 Å². The molecule has 20 heavy (non-hydrogen) atoms. The fourth-order valence-corrected chi connectivity index (χ4v) is 2.87. The number of hydrogen-bond acceptors (Lipinski definition) is 1. The maximum atomic E-state index is 14.3. The van der Waals surface area contributed by atoms with Crippen molar-refractivity contribution in [1.82, 2.24) is 5.32 Å². The van der Waals surface area contributed by atoms with E-state index in [4.69, 9.17) is 0 Å². The van der Waals surface area contributed by atoms with Crippen LogP contribution in [0.1, 0.15) is 28.3 Å². The van der Waals surface area contributed by atoms with E-state index in [0.717, 1.165) is 11.1 Å². The summed E-state index contributed by atoms with van der Waals surface area (Å²) < 4.78 is 28.9. The molecule has 1 atom stereocenters. The minimum absolute atomic E-state index is 0.318. The molecule has 2 aromatic rings. The first-order chi connectivity index (χ1) is 9.45. The molecule has 4 heteroatoms. The van der Waals surface area contributed by atoms with Crippen LogP contribution in [0.2, 0.25) is 0 Å². The Morgan fingerprint density at radius 2 is 1.85 bits per heavy atom. The van der Waals surface area contributed by atoms with E-state index in [1.165, 1.54) is 6.07 Å². The Labute approximate surface area is 126 Å². The molecule has 0 saturated carbocycles. The van der Waals surface area contributed by atoms with Crippen molar-refractivity contribution in [2.45, 2.75) is 19.9 Å². The average molecular weight is 340 g/mol. The van der Waals surface area contributed by atoms with Gasteiger partial charge in [-0.3, -0.25) is 0 Å². The van der Waals surface area contributed by atoms with Gasteiger partial charge in [-0.25, -0.2) is 8.78 Å². The molecule has 2 rings (SSSR count). The summed E-state index contributed by atoms with van der Waals surface area (Å²) in [4.78, 5) is 0. The summed E-state index contributed by atoms with van der Waals surface area (Å²) >= 11 is 3.17. The Hall–Kier alpha value is -1.26. The molecule has 0 spiro atoms. The molecule has 0 aromatic heterocycles. The first-order valence-electron chi connectivity index (χ1n) is 6.33. The van der Waals surface area contributed by atoms with Gasteiger partial charge in [-0.2, -0.15) is 0 Å². The van der Waals surface area contributed by atoms with Gasteiger partial charge in [0.25, 0.3) is 0 Å². The second-order valence-electron chi connectivity index (χ2n) is 4.84. The maximum Gasteiger partial charge on any atom is 0.142 e. The zero-order chi connectivity index (χ0) is 14.9. The summed E-state index contributed by atoms with van der Waals surface area (Å²) in [7, 11) is 1.70. The molecule has 0 aliphatic heterocycles. The van der Waals surface area contributed by atoms with Crippen LogP contribution in [-0.4, -0.2) is 7.05 Å². The molecular weight excluding hydrogens is 324 g/mol. The lowest BCUT2D eigenvalue weighted by molar-refractivity contribution is 0.541. The van der Waals surface area contributed by atoms with E-state index in [2.05, 4.69) is 21.2 Å². The third-order valence-electron chi connectivity index (χ3n) is 3.35. The lowest BCUT2D eigenvalue weighted by atomic mass is 9.93. The van der Waals surface area contributed by atoms with Crippen LogP contribution < -0.4 is 5.32 Å². The fourth-order valence-electron chi connectivity index (χ4n) is 2.49. The summed E-state index contributed by atoms with van der Waals surface area (Å²) in [6, 6.07) is 7.90. The lowest BCUT2D eigenvalue weighted by Gasteiger charge is -2.21. The molecule has 1 unspecified atom stereocenters. The van der Waals surface area contributed by atoms with E-state index < -0.39 is 6.04 Å². The molecule has 0 radical (unpaired) electrons. The van der Waals surface area contributed by atoms with Gasteiger partial charge in [-0.1, -0.05) is 18.2 Å². The van der Waals surface area contributed by atoms with Crippen molar-refractivity contribution in [2.24, 2.45) is 0 Å². The van der Waals surface area contributed by atoms with Crippen LogP contribution in [0.25, 0.3) is 0 Å². The Balaban J connectivity index is 2.62. The van der Waals surface area contributed by atoms with Crippen LogP contribution >= 0.6 is 15.9 Å². The Morgan fingerprint density at radius 3 is 2.45 bits per heavy atom. The largest absolute Gasteiger partial charge is 0.309 e. The molecule has 0 saturated heterocycles. The van der Waals surface area contributed by atoms with Crippen LogP contribution in [0.5, 0.6) is 0 Å². The summed E-state index contributed by atoms with van der Waals surface area (Å²) in [5.41, 5.74) is 2.57. The monoisotopic (exact) mass is 339 g/mol. The van der Waals surface area contributed by atoms with Crippen molar-refractivity contribution in [2.75, 3.05) is 7.05 Å². The van der Waals surface area contributed by atoms with Crippen LogP contribution in [0.3, 0.4) is 0 Å². The number of hydrogen-bond donors (Lipinski definition) is 1. The molecule has 0 aliphatic carbocycles. The van der Waals surface area contributed by atoms with Crippen molar-refractivity contribution < 1.29 is 8.78 Å². The Kier molecular flexibility index (Phi) is 4.55. The molecule has 1 nitrogen and oxygen atoms in total. The third-order valence-corrected chi connectivity index (χ3v) is 3.96. The second-order valence-corrected chi connectivity index (χ2v) is 5.70. The normalized spacial score (nSPS) is 12.5. The lowest BCUT2D eigenvalue weighted by Crippen LogP contribution is -2.21. The van der Waals surface area contributed by atoms with Crippen molar-refractivity contribution >= 4 is 15.9 Å². The SMILES string of the molecule is CNC(c1cccc(Br)c1F)c1c(C)cc(C)cc1F. The number of nitrogens with one attached hydrogen (secondary N) is 1. The smallest absolute Gasteiger partial charge is 0.142 e.